The molecule has 26 heavy (non-hydrogen) atoms. The van der Waals surface area contributed by atoms with Crippen molar-refractivity contribution < 1.29 is 9.13 Å². The lowest BCUT2D eigenvalue weighted by atomic mass is 9.78. The van der Waals surface area contributed by atoms with Gasteiger partial charge in [0.2, 0.25) is 0 Å². The van der Waals surface area contributed by atoms with Gasteiger partial charge in [0.1, 0.15) is 11.9 Å². The molecule has 1 aliphatic carbocycles. The van der Waals surface area contributed by atoms with Crippen molar-refractivity contribution >= 4 is 11.6 Å². The van der Waals surface area contributed by atoms with Gasteiger partial charge in [0.05, 0.1) is 11.6 Å². The summed E-state index contributed by atoms with van der Waals surface area (Å²) in [5.41, 5.74) is 3.55. The zero-order chi connectivity index (χ0) is 18.1. The molecule has 0 spiro atoms. The van der Waals surface area contributed by atoms with Gasteiger partial charge in [-0.3, -0.25) is 0 Å². The monoisotopic (exact) mass is 370 g/mol. The van der Waals surface area contributed by atoms with Crippen LogP contribution in [-0.4, -0.2) is 6.61 Å². The van der Waals surface area contributed by atoms with Crippen molar-refractivity contribution in [2.45, 2.75) is 44.6 Å². The smallest absolute Gasteiger partial charge is 0.149 e. The molecule has 4 rings (SSSR count). The third-order valence-corrected chi connectivity index (χ3v) is 6.11. The topological polar surface area (TPSA) is 12.5 Å². The lowest BCUT2D eigenvalue weighted by molar-refractivity contribution is 0.376. The second-order valence-electron chi connectivity index (χ2n) is 7.41. The van der Waals surface area contributed by atoms with Gasteiger partial charge in [0.15, 0.2) is 0 Å². The van der Waals surface area contributed by atoms with Crippen LogP contribution in [0, 0.1) is 11.7 Å². The molecule has 1 heterocycles. The molecule has 1 atom stereocenters. The zero-order valence-electron chi connectivity index (χ0n) is 15.1. The quantitative estimate of drug-likeness (QED) is 0.414. The molecular weight excluding hydrogens is 347 g/mol. The van der Waals surface area contributed by atoms with Gasteiger partial charge in [0, 0.05) is 11.1 Å². The normalized spacial score (nSPS) is 25.6. The number of epoxide rings is 1. The fourth-order valence-electron chi connectivity index (χ4n) is 4.12. The number of hydrogen-bond donors (Lipinski definition) is 0. The molecule has 2 fully saturated rings. The maximum atomic E-state index is 14.7. The highest BCUT2D eigenvalue weighted by Gasteiger charge is 2.29. The molecule has 1 saturated heterocycles. The maximum Gasteiger partial charge on any atom is 0.149 e. The third-order valence-electron chi connectivity index (χ3n) is 5.72. The van der Waals surface area contributed by atoms with E-state index in [0.29, 0.717) is 18.1 Å². The summed E-state index contributed by atoms with van der Waals surface area (Å²) in [6, 6.07) is 12.1. The third kappa shape index (κ3) is 3.58. The molecule has 2 aliphatic rings. The summed E-state index contributed by atoms with van der Waals surface area (Å²) in [5.74, 6) is 1.01. The van der Waals surface area contributed by atoms with Crippen molar-refractivity contribution in [1.82, 2.24) is 0 Å². The van der Waals surface area contributed by atoms with Gasteiger partial charge in [-0.25, -0.2) is 4.39 Å². The number of allylic oxidation sites excluding steroid dienone is 2. The summed E-state index contributed by atoms with van der Waals surface area (Å²) in [4.78, 5) is 0. The molecule has 1 saturated carbocycles. The van der Waals surface area contributed by atoms with Crippen molar-refractivity contribution in [2.75, 3.05) is 6.61 Å². The first kappa shape index (κ1) is 17.8. The second kappa shape index (κ2) is 7.54. The van der Waals surface area contributed by atoms with Crippen LogP contribution in [0.5, 0.6) is 0 Å². The molecule has 0 bridgehead atoms. The molecule has 1 unspecified atom stereocenters. The summed E-state index contributed by atoms with van der Waals surface area (Å²) < 4.78 is 19.9. The Bertz CT molecular complexity index is 800. The fourth-order valence-corrected chi connectivity index (χ4v) is 4.40. The first-order valence-corrected chi connectivity index (χ1v) is 9.87. The molecule has 2 aromatic carbocycles. The van der Waals surface area contributed by atoms with E-state index in [9.17, 15) is 4.39 Å². The minimum absolute atomic E-state index is 0.0360. The van der Waals surface area contributed by atoms with Crippen molar-refractivity contribution in [3.8, 4) is 11.1 Å². The van der Waals surface area contributed by atoms with Gasteiger partial charge < -0.3 is 4.74 Å². The van der Waals surface area contributed by atoms with E-state index >= 15 is 0 Å². The Balaban J connectivity index is 1.51. The van der Waals surface area contributed by atoms with Crippen molar-refractivity contribution in [2.24, 2.45) is 5.92 Å². The van der Waals surface area contributed by atoms with Crippen LogP contribution in [0.3, 0.4) is 0 Å². The zero-order valence-corrected chi connectivity index (χ0v) is 15.8. The molecule has 136 valence electrons. The van der Waals surface area contributed by atoms with Crippen LogP contribution in [0.25, 0.3) is 11.1 Å². The van der Waals surface area contributed by atoms with Gasteiger partial charge in [-0.15, -0.1) is 0 Å². The summed E-state index contributed by atoms with van der Waals surface area (Å²) in [6.45, 7) is 2.73. The van der Waals surface area contributed by atoms with Crippen LogP contribution >= 0.6 is 11.6 Å². The van der Waals surface area contributed by atoms with Crippen LogP contribution < -0.4 is 0 Å². The number of benzene rings is 2. The molecular formula is C23H24ClFO. The van der Waals surface area contributed by atoms with Crippen LogP contribution in [0.4, 0.5) is 4.39 Å². The average molecular weight is 371 g/mol. The van der Waals surface area contributed by atoms with E-state index in [-0.39, 0.29) is 16.9 Å². The number of ether oxygens (including phenoxy) is 1. The van der Waals surface area contributed by atoms with Crippen LogP contribution in [0.1, 0.15) is 55.8 Å². The number of hydrogen-bond acceptors (Lipinski definition) is 1. The first-order valence-electron chi connectivity index (χ1n) is 9.50. The van der Waals surface area contributed by atoms with E-state index < -0.39 is 0 Å². The number of rotatable bonds is 4. The summed E-state index contributed by atoms with van der Waals surface area (Å²) >= 11 is 6.22. The Morgan fingerprint density at radius 3 is 2.35 bits per heavy atom. The fraction of sp³-hybridized carbons (Fsp3) is 0.391. The molecule has 2 aromatic rings. The van der Waals surface area contributed by atoms with Gasteiger partial charge >= 0.3 is 0 Å². The van der Waals surface area contributed by atoms with Crippen LogP contribution in [0.15, 0.2) is 48.6 Å². The molecule has 0 N–H and O–H groups in total. The van der Waals surface area contributed by atoms with Gasteiger partial charge in [-0.05, 0) is 55.6 Å². The van der Waals surface area contributed by atoms with Gasteiger partial charge in [-0.1, -0.05) is 60.2 Å². The van der Waals surface area contributed by atoms with E-state index in [0.717, 1.165) is 17.0 Å². The van der Waals surface area contributed by atoms with E-state index in [1.165, 1.54) is 31.2 Å². The average Bonchev–Trinajstić information content (AvgIpc) is 3.50. The highest BCUT2D eigenvalue weighted by atomic mass is 35.5. The Morgan fingerprint density at radius 2 is 1.73 bits per heavy atom. The minimum Gasteiger partial charge on any atom is -0.368 e. The van der Waals surface area contributed by atoms with Crippen molar-refractivity contribution in [3.63, 3.8) is 0 Å². The lowest BCUT2D eigenvalue weighted by Crippen LogP contribution is -2.11. The van der Waals surface area contributed by atoms with Crippen LogP contribution in [0.2, 0.25) is 5.02 Å². The SMILES string of the molecule is C/C=C/C1CCC(c2ccc(-c3ccc(C4CO4)c(Cl)c3F)cc2)CC1. The molecule has 3 heteroatoms. The van der Waals surface area contributed by atoms with Crippen molar-refractivity contribution in [1.29, 1.82) is 0 Å². The summed E-state index contributed by atoms with van der Waals surface area (Å²) in [7, 11) is 0. The maximum absolute atomic E-state index is 14.7. The predicted molar refractivity (Wildman–Crippen MR) is 105 cm³/mol. The number of halogens is 2. The summed E-state index contributed by atoms with van der Waals surface area (Å²) in [6.07, 6.45) is 9.43. The first-order chi connectivity index (χ1) is 12.7. The highest BCUT2D eigenvalue weighted by molar-refractivity contribution is 6.32. The minimum atomic E-state index is -0.348. The molecule has 0 amide bonds. The largest absolute Gasteiger partial charge is 0.368 e. The summed E-state index contributed by atoms with van der Waals surface area (Å²) in [5, 5.41) is 0.191. The molecule has 1 nitrogen and oxygen atoms in total. The van der Waals surface area contributed by atoms with E-state index in [1.807, 2.05) is 24.3 Å². The Morgan fingerprint density at radius 1 is 1.04 bits per heavy atom. The van der Waals surface area contributed by atoms with Crippen molar-refractivity contribution in [3.05, 3.63) is 70.5 Å². The van der Waals surface area contributed by atoms with Crippen LogP contribution in [-0.2, 0) is 4.74 Å². The van der Waals surface area contributed by atoms with E-state index in [4.69, 9.17) is 16.3 Å². The van der Waals surface area contributed by atoms with Gasteiger partial charge in [0.25, 0.3) is 0 Å². The lowest BCUT2D eigenvalue weighted by Gasteiger charge is -2.27. The molecule has 0 radical (unpaired) electrons. The Kier molecular flexibility index (Phi) is 5.15. The Hall–Kier alpha value is -1.64. The van der Waals surface area contributed by atoms with E-state index in [2.05, 4.69) is 31.2 Å². The Labute approximate surface area is 159 Å². The molecule has 1 aliphatic heterocycles. The predicted octanol–water partition coefficient (Wildman–Crippen LogP) is 7.07. The highest BCUT2D eigenvalue weighted by Crippen LogP contribution is 2.40. The molecule has 0 aromatic heterocycles. The van der Waals surface area contributed by atoms with Gasteiger partial charge in [-0.2, -0.15) is 0 Å². The standard InChI is InChI=1S/C23H24ClFO/c1-2-3-15-4-6-16(7-5-15)17-8-10-18(11-9-17)19-12-13-20(21-14-26-21)22(24)23(19)25/h2-3,8-13,15-16,21H,4-7,14H2,1H3/b3-2+. The van der Waals surface area contributed by atoms with E-state index in [1.54, 1.807) is 0 Å². The second-order valence-corrected chi connectivity index (χ2v) is 7.79.